The number of rotatable bonds is 6. The Bertz CT molecular complexity index is 965. The normalized spacial score (nSPS) is 10.4. The van der Waals surface area contributed by atoms with Crippen LogP contribution in [0.2, 0.25) is 0 Å². The summed E-state index contributed by atoms with van der Waals surface area (Å²) < 4.78 is 10.7. The van der Waals surface area contributed by atoms with Crippen LogP contribution in [-0.4, -0.2) is 30.5 Å². The summed E-state index contributed by atoms with van der Waals surface area (Å²) in [6.07, 6.45) is 1.94. The van der Waals surface area contributed by atoms with Crippen molar-refractivity contribution in [3.05, 3.63) is 59.8 Å². The Morgan fingerprint density at radius 2 is 1.81 bits per heavy atom. The van der Waals surface area contributed by atoms with Crippen LogP contribution in [0.25, 0.3) is 10.9 Å². The smallest absolute Gasteiger partial charge is 0.276 e. The SMILES string of the molecule is COc1cc(C)ccc1OCC(=O)NNC(=O)Cc1c[nH]c2ccccc12. The van der Waals surface area contributed by atoms with Gasteiger partial charge in [-0.1, -0.05) is 24.3 Å². The van der Waals surface area contributed by atoms with E-state index < -0.39 is 5.91 Å². The summed E-state index contributed by atoms with van der Waals surface area (Å²) in [5.74, 6) is 0.223. The quantitative estimate of drug-likeness (QED) is 0.583. The number of aromatic amines is 1. The Kier molecular flexibility index (Phi) is 5.61. The maximum absolute atomic E-state index is 12.1. The van der Waals surface area contributed by atoms with Gasteiger partial charge in [0.25, 0.3) is 5.91 Å². The fraction of sp³-hybridized carbons (Fsp3) is 0.200. The van der Waals surface area contributed by atoms with E-state index in [0.717, 1.165) is 22.0 Å². The molecule has 0 fully saturated rings. The number of H-pyrrole nitrogens is 1. The number of para-hydroxylation sites is 1. The van der Waals surface area contributed by atoms with Gasteiger partial charge in [-0.15, -0.1) is 0 Å². The largest absolute Gasteiger partial charge is 0.493 e. The number of ether oxygens (including phenoxy) is 2. The summed E-state index contributed by atoms with van der Waals surface area (Å²) >= 11 is 0. The molecular weight excluding hydrogens is 346 g/mol. The highest BCUT2D eigenvalue weighted by Crippen LogP contribution is 2.27. The third-order valence-corrected chi connectivity index (χ3v) is 4.05. The Morgan fingerprint density at radius 1 is 1.04 bits per heavy atom. The average molecular weight is 367 g/mol. The minimum absolute atomic E-state index is 0.150. The summed E-state index contributed by atoms with van der Waals surface area (Å²) in [6.45, 7) is 1.69. The van der Waals surface area contributed by atoms with Gasteiger partial charge in [0.1, 0.15) is 0 Å². The Morgan fingerprint density at radius 3 is 2.63 bits per heavy atom. The first kappa shape index (κ1) is 18.3. The van der Waals surface area contributed by atoms with Crippen molar-refractivity contribution < 1.29 is 19.1 Å². The number of nitrogens with one attached hydrogen (secondary N) is 3. The highest BCUT2D eigenvalue weighted by atomic mass is 16.5. The second kappa shape index (κ2) is 8.27. The van der Waals surface area contributed by atoms with Crippen molar-refractivity contribution >= 4 is 22.7 Å². The van der Waals surface area contributed by atoms with Crippen LogP contribution >= 0.6 is 0 Å². The highest BCUT2D eigenvalue weighted by molar-refractivity contribution is 5.89. The number of hydrogen-bond acceptors (Lipinski definition) is 4. The summed E-state index contributed by atoms with van der Waals surface area (Å²) in [6, 6.07) is 13.1. The van der Waals surface area contributed by atoms with Crippen LogP contribution < -0.4 is 20.3 Å². The molecule has 7 nitrogen and oxygen atoms in total. The van der Waals surface area contributed by atoms with E-state index in [4.69, 9.17) is 9.47 Å². The Balaban J connectivity index is 1.48. The van der Waals surface area contributed by atoms with Gasteiger partial charge < -0.3 is 14.5 Å². The molecule has 0 radical (unpaired) electrons. The Hall–Kier alpha value is -3.48. The number of aromatic nitrogens is 1. The standard InChI is InChI=1S/C20H21N3O4/c1-13-7-8-17(18(9-13)26-2)27-12-20(25)23-22-19(24)10-14-11-21-16-6-4-3-5-15(14)16/h3-9,11,21H,10,12H2,1-2H3,(H,22,24)(H,23,25). The topological polar surface area (TPSA) is 92.4 Å². The molecule has 0 aliphatic heterocycles. The predicted molar refractivity (Wildman–Crippen MR) is 102 cm³/mol. The van der Waals surface area contributed by atoms with Gasteiger partial charge in [0.2, 0.25) is 5.91 Å². The number of hydrogen-bond donors (Lipinski definition) is 3. The van der Waals surface area contributed by atoms with E-state index in [0.29, 0.717) is 11.5 Å². The maximum atomic E-state index is 12.1. The molecule has 1 aromatic heterocycles. The molecule has 1 heterocycles. The molecule has 0 aliphatic carbocycles. The molecule has 0 bridgehead atoms. The zero-order valence-electron chi connectivity index (χ0n) is 15.2. The fourth-order valence-corrected chi connectivity index (χ4v) is 2.71. The molecule has 3 aromatic rings. The van der Waals surface area contributed by atoms with Crippen molar-refractivity contribution in [2.45, 2.75) is 13.3 Å². The van der Waals surface area contributed by atoms with Crippen molar-refractivity contribution in [3.63, 3.8) is 0 Å². The fourth-order valence-electron chi connectivity index (χ4n) is 2.71. The summed E-state index contributed by atoms with van der Waals surface area (Å²) in [5, 5.41) is 0.980. The van der Waals surface area contributed by atoms with Crippen molar-refractivity contribution in [3.8, 4) is 11.5 Å². The van der Waals surface area contributed by atoms with Gasteiger partial charge in [0, 0.05) is 17.1 Å². The van der Waals surface area contributed by atoms with E-state index in [9.17, 15) is 9.59 Å². The number of carbonyl (C=O) groups excluding carboxylic acids is 2. The van der Waals surface area contributed by atoms with Crippen molar-refractivity contribution in [2.24, 2.45) is 0 Å². The number of carbonyl (C=O) groups is 2. The monoisotopic (exact) mass is 367 g/mol. The lowest BCUT2D eigenvalue weighted by molar-refractivity contribution is -0.129. The third kappa shape index (κ3) is 4.58. The summed E-state index contributed by atoms with van der Waals surface area (Å²) in [5.41, 5.74) is 7.59. The van der Waals surface area contributed by atoms with Crippen LogP contribution in [-0.2, 0) is 16.0 Å². The Labute approximate surface area is 156 Å². The zero-order chi connectivity index (χ0) is 19.2. The number of benzene rings is 2. The van der Waals surface area contributed by atoms with E-state index in [-0.39, 0.29) is 18.9 Å². The van der Waals surface area contributed by atoms with Crippen LogP contribution in [0.15, 0.2) is 48.7 Å². The predicted octanol–water partition coefficient (Wildman–Crippen LogP) is 2.25. The number of methoxy groups -OCH3 is 1. The molecule has 2 amide bonds. The second-order valence-corrected chi connectivity index (χ2v) is 6.08. The van der Waals surface area contributed by atoms with Crippen LogP contribution in [0.5, 0.6) is 11.5 Å². The van der Waals surface area contributed by atoms with Crippen molar-refractivity contribution in [1.82, 2.24) is 15.8 Å². The number of aryl methyl sites for hydroxylation is 1. The van der Waals surface area contributed by atoms with E-state index in [1.54, 1.807) is 12.3 Å². The molecular formula is C20H21N3O4. The molecule has 27 heavy (non-hydrogen) atoms. The molecule has 7 heteroatoms. The first-order valence-electron chi connectivity index (χ1n) is 8.47. The maximum Gasteiger partial charge on any atom is 0.276 e. The van der Waals surface area contributed by atoms with Gasteiger partial charge in [-0.2, -0.15) is 0 Å². The van der Waals surface area contributed by atoms with Gasteiger partial charge in [0.05, 0.1) is 13.5 Å². The first-order chi connectivity index (χ1) is 13.1. The molecule has 140 valence electrons. The van der Waals surface area contributed by atoms with E-state index in [1.807, 2.05) is 43.3 Å². The van der Waals surface area contributed by atoms with E-state index in [2.05, 4.69) is 15.8 Å². The highest BCUT2D eigenvalue weighted by Gasteiger charge is 2.11. The molecule has 3 N–H and O–H groups in total. The van der Waals surface area contributed by atoms with Gasteiger partial charge >= 0.3 is 0 Å². The summed E-state index contributed by atoms with van der Waals surface area (Å²) in [7, 11) is 1.53. The van der Waals surface area contributed by atoms with E-state index >= 15 is 0 Å². The van der Waals surface area contributed by atoms with Crippen LogP contribution in [0.4, 0.5) is 0 Å². The minimum Gasteiger partial charge on any atom is -0.493 e. The molecule has 0 atom stereocenters. The van der Waals surface area contributed by atoms with Crippen molar-refractivity contribution in [2.75, 3.05) is 13.7 Å². The summed E-state index contributed by atoms with van der Waals surface area (Å²) in [4.78, 5) is 27.1. The molecule has 3 rings (SSSR count). The van der Waals surface area contributed by atoms with Gasteiger partial charge in [0.15, 0.2) is 18.1 Å². The molecule has 0 saturated carbocycles. The molecule has 0 aliphatic rings. The first-order valence-corrected chi connectivity index (χ1v) is 8.47. The lowest BCUT2D eigenvalue weighted by Gasteiger charge is -2.11. The van der Waals surface area contributed by atoms with Gasteiger partial charge in [-0.05, 0) is 36.2 Å². The van der Waals surface area contributed by atoms with Gasteiger partial charge in [-0.3, -0.25) is 20.4 Å². The second-order valence-electron chi connectivity index (χ2n) is 6.08. The lowest BCUT2D eigenvalue weighted by atomic mass is 10.1. The van der Waals surface area contributed by atoms with E-state index in [1.165, 1.54) is 7.11 Å². The number of fused-ring (bicyclic) bond motifs is 1. The molecule has 0 saturated heterocycles. The molecule has 2 aromatic carbocycles. The average Bonchev–Trinajstić information content (AvgIpc) is 3.08. The third-order valence-electron chi connectivity index (χ3n) is 4.05. The zero-order valence-corrected chi connectivity index (χ0v) is 15.2. The number of amides is 2. The van der Waals surface area contributed by atoms with Crippen LogP contribution in [0, 0.1) is 6.92 Å². The van der Waals surface area contributed by atoms with Crippen LogP contribution in [0.3, 0.4) is 0 Å². The molecule has 0 unspecified atom stereocenters. The van der Waals surface area contributed by atoms with Crippen LogP contribution in [0.1, 0.15) is 11.1 Å². The molecule has 0 spiro atoms. The van der Waals surface area contributed by atoms with Crippen molar-refractivity contribution in [1.29, 1.82) is 0 Å². The van der Waals surface area contributed by atoms with Gasteiger partial charge in [-0.25, -0.2) is 0 Å². The lowest BCUT2D eigenvalue weighted by Crippen LogP contribution is -2.44. The minimum atomic E-state index is -0.468. The number of hydrazine groups is 1.